The summed E-state index contributed by atoms with van der Waals surface area (Å²) in [6.07, 6.45) is 0.910. The predicted octanol–water partition coefficient (Wildman–Crippen LogP) is 2.75. The Balaban J connectivity index is 2.64. The summed E-state index contributed by atoms with van der Waals surface area (Å²) in [5.74, 6) is 0. The average Bonchev–Trinajstić information content (AvgIpc) is 2.31. The van der Waals surface area contributed by atoms with Crippen LogP contribution in [0.1, 0.15) is 25.8 Å². The van der Waals surface area contributed by atoms with Crippen LogP contribution in [0, 0.1) is 0 Å². The van der Waals surface area contributed by atoms with Crippen molar-refractivity contribution >= 4 is 11.7 Å². The quantitative estimate of drug-likeness (QED) is 0.826. The number of amides is 2. The van der Waals surface area contributed by atoms with E-state index in [1.807, 2.05) is 38.1 Å². The molecule has 0 bridgehead atoms. The minimum absolute atomic E-state index is 0.171. The Hall–Kier alpha value is -1.55. The van der Waals surface area contributed by atoms with E-state index in [0.29, 0.717) is 6.61 Å². The lowest BCUT2D eigenvalue weighted by atomic mass is 10.2. The van der Waals surface area contributed by atoms with Crippen molar-refractivity contribution in [1.29, 1.82) is 0 Å². The number of benzene rings is 1. The molecular formula is C13H20N2O2. The molecule has 94 valence electrons. The normalized spacial score (nSPS) is 11.9. The summed E-state index contributed by atoms with van der Waals surface area (Å²) in [7, 11) is 1.63. The lowest BCUT2D eigenvalue weighted by Crippen LogP contribution is -2.35. The summed E-state index contributed by atoms with van der Waals surface area (Å²) >= 11 is 0. The Kier molecular flexibility index (Phi) is 5.49. The Bertz CT molecular complexity index is 366. The van der Waals surface area contributed by atoms with Gasteiger partial charge in [0.05, 0.1) is 6.61 Å². The second-order valence-electron chi connectivity index (χ2n) is 4.00. The van der Waals surface area contributed by atoms with Gasteiger partial charge in [0.2, 0.25) is 0 Å². The number of carbonyl (C=O) groups excluding carboxylic acids is 1. The first-order valence-corrected chi connectivity index (χ1v) is 5.81. The zero-order chi connectivity index (χ0) is 12.7. The molecule has 0 fully saturated rings. The summed E-state index contributed by atoms with van der Waals surface area (Å²) in [5, 5.41) is 5.69. The summed E-state index contributed by atoms with van der Waals surface area (Å²) in [5.41, 5.74) is 1.75. The molecule has 1 aromatic carbocycles. The Morgan fingerprint density at radius 1 is 1.41 bits per heavy atom. The average molecular weight is 236 g/mol. The largest absolute Gasteiger partial charge is 0.380 e. The monoisotopic (exact) mass is 236 g/mol. The van der Waals surface area contributed by atoms with Gasteiger partial charge in [-0.05, 0) is 19.4 Å². The SMILES string of the molecule is CCC(C)NC(=O)Nc1ccccc1COC. The fraction of sp³-hybridized carbons (Fsp3) is 0.462. The Labute approximate surface area is 102 Å². The van der Waals surface area contributed by atoms with E-state index < -0.39 is 0 Å². The molecule has 0 radical (unpaired) electrons. The number of hydrogen-bond donors (Lipinski definition) is 2. The fourth-order valence-electron chi connectivity index (χ4n) is 1.41. The van der Waals surface area contributed by atoms with E-state index in [0.717, 1.165) is 17.7 Å². The number of methoxy groups -OCH3 is 1. The van der Waals surface area contributed by atoms with Crippen LogP contribution in [-0.4, -0.2) is 19.2 Å². The third-order valence-electron chi connectivity index (χ3n) is 2.56. The summed E-state index contributed by atoms with van der Waals surface area (Å²) < 4.78 is 5.08. The highest BCUT2D eigenvalue weighted by atomic mass is 16.5. The molecule has 1 rings (SSSR count). The minimum atomic E-state index is -0.178. The smallest absolute Gasteiger partial charge is 0.319 e. The highest BCUT2D eigenvalue weighted by Gasteiger charge is 2.07. The molecule has 1 atom stereocenters. The van der Waals surface area contributed by atoms with Gasteiger partial charge in [-0.15, -0.1) is 0 Å². The van der Waals surface area contributed by atoms with Crippen molar-refractivity contribution in [3.63, 3.8) is 0 Å². The van der Waals surface area contributed by atoms with Crippen molar-refractivity contribution in [2.75, 3.05) is 12.4 Å². The first-order valence-electron chi connectivity index (χ1n) is 5.81. The first-order chi connectivity index (χ1) is 8.17. The van der Waals surface area contributed by atoms with Gasteiger partial charge in [-0.1, -0.05) is 25.1 Å². The third-order valence-corrected chi connectivity index (χ3v) is 2.56. The molecule has 4 nitrogen and oxygen atoms in total. The van der Waals surface area contributed by atoms with Crippen LogP contribution in [0.2, 0.25) is 0 Å². The van der Waals surface area contributed by atoms with Crippen molar-refractivity contribution in [1.82, 2.24) is 5.32 Å². The molecule has 4 heteroatoms. The molecule has 0 saturated carbocycles. The van der Waals surface area contributed by atoms with Gasteiger partial charge < -0.3 is 15.4 Å². The molecule has 0 spiro atoms. The van der Waals surface area contributed by atoms with Gasteiger partial charge in [0, 0.05) is 24.4 Å². The maximum Gasteiger partial charge on any atom is 0.319 e. The zero-order valence-electron chi connectivity index (χ0n) is 10.6. The van der Waals surface area contributed by atoms with Gasteiger partial charge in [-0.25, -0.2) is 4.79 Å². The van der Waals surface area contributed by atoms with E-state index in [1.54, 1.807) is 7.11 Å². The molecule has 2 N–H and O–H groups in total. The fourth-order valence-corrected chi connectivity index (χ4v) is 1.41. The van der Waals surface area contributed by atoms with E-state index >= 15 is 0 Å². The van der Waals surface area contributed by atoms with Gasteiger partial charge in [-0.3, -0.25) is 0 Å². The molecule has 2 amide bonds. The molecule has 0 heterocycles. The number of carbonyl (C=O) groups is 1. The van der Waals surface area contributed by atoms with Gasteiger partial charge in [0.15, 0.2) is 0 Å². The first kappa shape index (κ1) is 13.5. The number of hydrogen-bond acceptors (Lipinski definition) is 2. The number of para-hydroxylation sites is 1. The second-order valence-corrected chi connectivity index (χ2v) is 4.00. The summed E-state index contributed by atoms with van der Waals surface area (Å²) in [4.78, 5) is 11.7. The maximum absolute atomic E-state index is 11.7. The van der Waals surface area contributed by atoms with E-state index in [1.165, 1.54) is 0 Å². The number of anilines is 1. The van der Waals surface area contributed by atoms with Crippen molar-refractivity contribution in [3.05, 3.63) is 29.8 Å². The molecule has 1 unspecified atom stereocenters. The van der Waals surface area contributed by atoms with Crippen LogP contribution in [0.4, 0.5) is 10.5 Å². The van der Waals surface area contributed by atoms with Crippen molar-refractivity contribution in [3.8, 4) is 0 Å². The number of rotatable bonds is 5. The van der Waals surface area contributed by atoms with Gasteiger partial charge in [0.25, 0.3) is 0 Å². The molecule has 0 aromatic heterocycles. The van der Waals surface area contributed by atoms with Crippen LogP contribution in [-0.2, 0) is 11.3 Å². The number of urea groups is 1. The summed E-state index contributed by atoms with van der Waals surface area (Å²) in [6.45, 7) is 4.49. The van der Waals surface area contributed by atoms with Crippen LogP contribution in [0.5, 0.6) is 0 Å². The topological polar surface area (TPSA) is 50.4 Å². The standard InChI is InChI=1S/C13H20N2O2/c1-4-10(2)14-13(16)15-12-8-6-5-7-11(12)9-17-3/h5-8,10H,4,9H2,1-3H3,(H2,14,15,16). The minimum Gasteiger partial charge on any atom is -0.380 e. The molecule has 0 aliphatic heterocycles. The van der Waals surface area contributed by atoms with Gasteiger partial charge in [-0.2, -0.15) is 0 Å². The highest BCUT2D eigenvalue weighted by Crippen LogP contribution is 2.15. The molecular weight excluding hydrogens is 216 g/mol. The lowest BCUT2D eigenvalue weighted by Gasteiger charge is -2.14. The van der Waals surface area contributed by atoms with Crippen molar-refractivity contribution in [2.45, 2.75) is 32.9 Å². The Morgan fingerprint density at radius 3 is 2.76 bits per heavy atom. The van der Waals surface area contributed by atoms with Gasteiger partial charge in [0.1, 0.15) is 0 Å². The van der Waals surface area contributed by atoms with Crippen LogP contribution in [0.3, 0.4) is 0 Å². The predicted molar refractivity (Wildman–Crippen MR) is 69.1 cm³/mol. The molecule has 17 heavy (non-hydrogen) atoms. The van der Waals surface area contributed by atoms with Gasteiger partial charge >= 0.3 is 6.03 Å². The van der Waals surface area contributed by atoms with Crippen LogP contribution in [0.15, 0.2) is 24.3 Å². The molecule has 0 aliphatic carbocycles. The van der Waals surface area contributed by atoms with Crippen molar-refractivity contribution < 1.29 is 9.53 Å². The molecule has 0 saturated heterocycles. The lowest BCUT2D eigenvalue weighted by molar-refractivity contribution is 0.185. The number of nitrogens with one attached hydrogen (secondary N) is 2. The zero-order valence-corrected chi connectivity index (χ0v) is 10.6. The maximum atomic E-state index is 11.7. The van der Waals surface area contributed by atoms with E-state index in [4.69, 9.17) is 4.74 Å². The number of ether oxygens (including phenoxy) is 1. The van der Waals surface area contributed by atoms with E-state index in [2.05, 4.69) is 10.6 Å². The summed E-state index contributed by atoms with van der Waals surface area (Å²) in [6, 6.07) is 7.60. The van der Waals surface area contributed by atoms with Crippen molar-refractivity contribution in [2.24, 2.45) is 0 Å². The highest BCUT2D eigenvalue weighted by molar-refractivity contribution is 5.90. The molecule has 0 aliphatic rings. The Morgan fingerprint density at radius 2 is 2.12 bits per heavy atom. The third kappa shape index (κ3) is 4.44. The molecule has 1 aromatic rings. The second kappa shape index (κ2) is 6.91. The van der Waals surface area contributed by atoms with Crippen LogP contribution >= 0.6 is 0 Å². The van der Waals surface area contributed by atoms with Crippen LogP contribution < -0.4 is 10.6 Å². The van der Waals surface area contributed by atoms with E-state index in [-0.39, 0.29) is 12.1 Å². The van der Waals surface area contributed by atoms with E-state index in [9.17, 15) is 4.79 Å². The van der Waals surface area contributed by atoms with Crippen LogP contribution in [0.25, 0.3) is 0 Å².